The molecule has 106 valence electrons. The minimum Gasteiger partial charge on any atom is -0.354 e. The Hall–Kier alpha value is -2.81. The molecule has 0 amide bonds. The van der Waals surface area contributed by atoms with Crippen molar-refractivity contribution in [3.05, 3.63) is 56.6 Å². The fraction of sp³-hybridized carbons (Fsp3) is 0. The summed E-state index contributed by atoms with van der Waals surface area (Å²) in [5, 5.41) is 24.5. The molecule has 0 unspecified atom stereocenters. The molecule has 1 aliphatic heterocycles. The highest BCUT2D eigenvalue weighted by Gasteiger charge is 2.26. The number of nitrogens with one attached hydrogen (secondary N) is 1. The van der Waals surface area contributed by atoms with Gasteiger partial charge in [0.1, 0.15) is 0 Å². The number of benzene rings is 2. The van der Waals surface area contributed by atoms with Gasteiger partial charge in [0, 0.05) is 24.3 Å². The molecule has 0 bridgehead atoms. The van der Waals surface area contributed by atoms with E-state index in [0.717, 1.165) is 0 Å². The number of rotatable bonds is 2. The molecule has 0 saturated heterocycles. The third-order valence-corrected chi connectivity index (χ3v) is 4.50. The maximum absolute atomic E-state index is 12.5. The molecule has 8 nitrogen and oxygen atoms in total. The van der Waals surface area contributed by atoms with Gasteiger partial charge in [-0.05, 0) is 12.1 Å². The van der Waals surface area contributed by atoms with Crippen molar-refractivity contribution in [3.63, 3.8) is 0 Å². The summed E-state index contributed by atoms with van der Waals surface area (Å²) in [5.41, 5.74) is 0.608. The first-order valence-corrected chi connectivity index (χ1v) is 6.88. The van der Waals surface area contributed by atoms with E-state index in [1.807, 2.05) is 0 Å². The summed E-state index contributed by atoms with van der Waals surface area (Å²) in [5.74, 6) is 0. The zero-order valence-corrected chi connectivity index (χ0v) is 11.1. The Morgan fingerprint density at radius 3 is 1.67 bits per heavy atom. The lowest BCUT2D eigenvalue weighted by molar-refractivity contribution is -0.385. The molecule has 3 rings (SSSR count). The lowest BCUT2D eigenvalue weighted by atomic mass is 10.2. The van der Waals surface area contributed by atoms with E-state index in [1.165, 1.54) is 36.4 Å². The summed E-state index contributed by atoms with van der Waals surface area (Å²) >= 11 is 0. The fourth-order valence-corrected chi connectivity index (χ4v) is 3.36. The maximum atomic E-state index is 12.5. The molecule has 0 saturated carbocycles. The summed E-state index contributed by atoms with van der Waals surface area (Å²) < 4.78 is 12.5. The number of nitro benzene ring substituents is 2. The van der Waals surface area contributed by atoms with Gasteiger partial charge in [-0.2, -0.15) is 0 Å². The van der Waals surface area contributed by atoms with E-state index in [-0.39, 0.29) is 21.2 Å². The topological polar surface area (TPSA) is 115 Å². The van der Waals surface area contributed by atoms with Gasteiger partial charge in [-0.25, -0.2) is 4.21 Å². The number of non-ortho nitro benzene ring substituents is 2. The predicted octanol–water partition coefficient (Wildman–Crippen LogP) is 2.73. The Balaban J connectivity index is 2.14. The van der Waals surface area contributed by atoms with Crippen LogP contribution in [0.15, 0.2) is 46.2 Å². The first kappa shape index (κ1) is 13.2. The molecule has 1 N–H and O–H groups in total. The molecule has 0 radical (unpaired) electrons. The fourth-order valence-electron chi connectivity index (χ4n) is 2.03. The molecule has 21 heavy (non-hydrogen) atoms. The van der Waals surface area contributed by atoms with Crippen LogP contribution < -0.4 is 5.32 Å². The van der Waals surface area contributed by atoms with Gasteiger partial charge in [-0.15, -0.1) is 0 Å². The molecule has 1 aliphatic rings. The van der Waals surface area contributed by atoms with Crippen molar-refractivity contribution in [2.24, 2.45) is 0 Å². The molecule has 9 heteroatoms. The van der Waals surface area contributed by atoms with Crippen LogP contribution in [0.2, 0.25) is 0 Å². The number of hydrogen-bond donors (Lipinski definition) is 1. The average Bonchev–Trinajstić information content (AvgIpc) is 2.46. The van der Waals surface area contributed by atoms with E-state index in [4.69, 9.17) is 0 Å². The lowest BCUT2D eigenvalue weighted by Gasteiger charge is -2.20. The lowest BCUT2D eigenvalue weighted by Crippen LogP contribution is -2.09. The van der Waals surface area contributed by atoms with Crippen LogP contribution in [0.5, 0.6) is 0 Å². The molecule has 0 fully saturated rings. The van der Waals surface area contributed by atoms with Gasteiger partial charge in [0.2, 0.25) is 0 Å². The molecule has 2 aromatic rings. The van der Waals surface area contributed by atoms with Crippen LogP contribution in [0.1, 0.15) is 0 Å². The molecule has 1 heterocycles. The SMILES string of the molecule is O=[N+]([O-])c1ccc2c(c1)S(=O)c1cc([N+](=O)[O-])ccc1N2. The Kier molecular flexibility index (Phi) is 2.91. The highest BCUT2D eigenvalue weighted by atomic mass is 32.2. The Morgan fingerprint density at radius 2 is 1.29 bits per heavy atom. The summed E-state index contributed by atoms with van der Waals surface area (Å²) in [4.78, 5) is 20.9. The van der Waals surface area contributed by atoms with Gasteiger partial charge >= 0.3 is 0 Å². The molecule has 0 spiro atoms. The second kappa shape index (κ2) is 4.63. The van der Waals surface area contributed by atoms with Crippen molar-refractivity contribution in [1.29, 1.82) is 0 Å². The third-order valence-electron chi connectivity index (χ3n) is 3.02. The van der Waals surface area contributed by atoms with E-state index in [0.29, 0.717) is 11.4 Å². The second-order valence-electron chi connectivity index (χ2n) is 4.27. The van der Waals surface area contributed by atoms with Crippen molar-refractivity contribution in [1.82, 2.24) is 0 Å². The van der Waals surface area contributed by atoms with Crippen LogP contribution in [0.3, 0.4) is 0 Å². The predicted molar refractivity (Wildman–Crippen MR) is 74.1 cm³/mol. The molecule has 2 aromatic carbocycles. The van der Waals surface area contributed by atoms with E-state index < -0.39 is 20.6 Å². The summed E-state index contributed by atoms with van der Waals surface area (Å²) in [7, 11) is -1.72. The smallest absolute Gasteiger partial charge is 0.270 e. The Labute approximate surface area is 120 Å². The minimum atomic E-state index is -1.72. The normalized spacial score (nSPS) is 13.0. The van der Waals surface area contributed by atoms with Crippen molar-refractivity contribution >= 4 is 33.5 Å². The van der Waals surface area contributed by atoms with Crippen molar-refractivity contribution in [3.8, 4) is 0 Å². The van der Waals surface area contributed by atoms with Crippen molar-refractivity contribution in [2.75, 3.05) is 5.32 Å². The van der Waals surface area contributed by atoms with Crippen molar-refractivity contribution in [2.45, 2.75) is 9.79 Å². The zero-order valence-electron chi connectivity index (χ0n) is 10.3. The van der Waals surface area contributed by atoms with Crippen molar-refractivity contribution < 1.29 is 14.1 Å². The van der Waals surface area contributed by atoms with Crippen LogP contribution in [-0.4, -0.2) is 14.1 Å². The number of nitro groups is 2. The molecule has 0 aromatic heterocycles. The second-order valence-corrected chi connectivity index (χ2v) is 5.69. The number of hydrogen-bond acceptors (Lipinski definition) is 6. The van der Waals surface area contributed by atoms with Crippen LogP contribution in [0.4, 0.5) is 22.7 Å². The quantitative estimate of drug-likeness (QED) is 0.575. The third kappa shape index (κ3) is 2.13. The number of nitrogens with zero attached hydrogens (tertiary/aromatic N) is 2. The van der Waals surface area contributed by atoms with Gasteiger partial charge in [0.05, 0.1) is 41.8 Å². The van der Waals surface area contributed by atoms with Gasteiger partial charge in [-0.3, -0.25) is 20.2 Å². The van der Waals surface area contributed by atoms with Crippen LogP contribution in [-0.2, 0) is 10.8 Å². The summed E-state index contributed by atoms with van der Waals surface area (Å²) in [6.45, 7) is 0. The molecule has 0 aliphatic carbocycles. The van der Waals surface area contributed by atoms with Crippen LogP contribution in [0.25, 0.3) is 0 Å². The first-order valence-electron chi connectivity index (χ1n) is 5.73. The van der Waals surface area contributed by atoms with E-state index in [2.05, 4.69) is 5.32 Å². The summed E-state index contributed by atoms with van der Waals surface area (Å²) in [6.07, 6.45) is 0. The molecular weight excluding hydrogens is 298 g/mol. The molecule has 0 atom stereocenters. The zero-order chi connectivity index (χ0) is 15.1. The first-order chi connectivity index (χ1) is 9.97. The molecular formula is C12H7N3O5S. The van der Waals surface area contributed by atoms with E-state index in [1.54, 1.807) is 0 Å². The standard InChI is InChI=1S/C12H7N3O5S/c16-14(17)7-1-3-9-11(5-7)21(20)12-6-8(15(18)19)2-4-10(12)13-9/h1-6,13H. The van der Waals surface area contributed by atoms with Gasteiger partial charge in [0.25, 0.3) is 11.4 Å². The van der Waals surface area contributed by atoms with E-state index in [9.17, 15) is 24.4 Å². The number of fused-ring (bicyclic) bond motifs is 2. The van der Waals surface area contributed by atoms with Gasteiger partial charge in [0.15, 0.2) is 0 Å². The Bertz CT molecular complexity index is 755. The highest BCUT2D eigenvalue weighted by molar-refractivity contribution is 7.85. The average molecular weight is 305 g/mol. The summed E-state index contributed by atoms with van der Waals surface area (Å²) in [6, 6.07) is 7.96. The van der Waals surface area contributed by atoms with Gasteiger partial charge in [-0.1, -0.05) is 0 Å². The largest absolute Gasteiger partial charge is 0.354 e. The monoisotopic (exact) mass is 305 g/mol. The minimum absolute atomic E-state index is 0.183. The van der Waals surface area contributed by atoms with Crippen LogP contribution >= 0.6 is 0 Å². The van der Waals surface area contributed by atoms with E-state index >= 15 is 0 Å². The van der Waals surface area contributed by atoms with Gasteiger partial charge < -0.3 is 5.32 Å². The highest BCUT2D eigenvalue weighted by Crippen LogP contribution is 2.39. The Morgan fingerprint density at radius 1 is 0.857 bits per heavy atom. The number of anilines is 2. The maximum Gasteiger partial charge on any atom is 0.270 e. The van der Waals surface area contributed by atoms with Crippen LogP contribution in [0, 0.1) is 20.2 Å².